The van der Waals surface area contributed by atoms with Gasteiger partial charge in [0, 0.05) is 99.8 Å². The lowest BCUT2D eigenvalue weighted by Crippen LogP contribution is -2.33. The summed E-state index contributed by atoms with van der Waals surface area (Å²) in [6, 6.07) is 89.7. The fourth-order valence-corrected chi connectivity index (χ4v) is 23.3. The zero-order chi connectivity index (χ0) is 92.4. The predicted octanol–water partition coefficient (Wildman–Crippen LogP) is 28.6. The number of unbranched alkanes of at least 4 members (excludes halogenated alkanes) is 19. The number of benzene rings is 10. The zero-order valence-corrected chi connectivity index (χ0v) is 83.3. The van der Waals surface area contributed by atoms with E-state index in [1.54, 1.807) is 0 Å². The van der Waals surface area contributed by atoms with Crippen LogP contribution in [0.25, 0.3) is 11.0 Å². The van der Waals surface area contributed by atoms with Gasteiger partial charge in [0.05, 0.1) is 21.8 Å². The molecule has 1 aliphatic rings. The number of amides is 2. The highest BCUT2D eigenvalue weighted by molar-refractivity contribution is 7.85. The maximum absolute atomic E-state index is 14.4. The van der Waals surface area contributed by atoms with Crippen molar-refractivity contribution < 1.29 is 22.9 Å². The second kappa shape index (κ2) is 57.9. The summed E-state index contributed by atoms with van der Waals surface area (Å²) in [5.41, 5.74) is 9.29. The Hall–Kier alpha value is -9.02. The number of nitrogens with zero attached hydrogens (tertiary/aromatic N) is 5. The molecular formula is C114H157N5O6P2S. The van der Waals surface area contributed by atoms with Crippen molar-refractivity contribution in [3.8, 4) is 0 Å². The van der Waals surface area contributed by atoms with E-state index in [1.165, 1.54) is 119 Å². The first-order valence-corrected chi connectivity index (χ1v) is 53.2. The van der Waals surface area contributed by atoms with Crippen LogP contribution in [0, 0.1) is 19.3 Å². The molecule has 128 heavy (non-hydrogen) atoms. The molecule has 0 spiro atoms. The molecule has 0 radical (unpaired) electrons. The van der Waals surface area contributed by atoms with Gasteiger partial charge in [0.1, 0.15) is 0 Å². The van der Waals surface area contributed by atoms with Crippen LogP contribution in [0.3, 0.4) is 0 Å². The van der Waals surface area contributed by atoms with Crippen LogP contribution in [0.15, 0.2) is 288 Å². The lowest BCUT2D eigenvalue weighted by Gasteiger charge is -2.33. The van der Waals surface area contributed by atoms with Gasteiger partial charge in [0.25, 0.3) is 11.8 Å². The Bertz CT molecular complexity index is 4880. The van der Waals surface area contributed by atoms with Crippen LogP contribution in [-0.4, -0.2) is 72.4 Å². The molecule has 10 aromatic carbocycles. The van der Waals surface area contributed by atoms with E-state index in [0.717, 1.165) is 188 Å². The standard InChI is InChI=1S/C26H31OP.C23H38N2O.C20H28NOP.C16H23NO.C15H23NO.C14H14OS/c1-25(2,3)20-26(4,5)21-16-18-24(19-17-21)28(27,22-12-8-6-9-13-22)23-14-10-7-11-15-23;1-3-5-7-9-11-15-19-24-21-17-13-14-18-22(21)25(23(24)26)20-16-12-10-8-6-4-2;1-3-5-17-21(18-6-4-2)23(22,19-13-9-7-10-14-19)20-15-11-8-12-16-20;1-2-3-4-5-6-9-12-17-13-14-10-7-8-11-15(14)16(17)18;1-3-5-12-16(13-6-4-2)15(17)14-10-8-7-9-11-14;1-11-3-7-13(8-4-11)16(15)14-9-5-12(2)6-10-14/h6-19H,20H2,1-5H3;13-14,17-18H,3-12,15-16,19-20H2,1-2H3;7-16H,3-6,17-18H2,1-2H3;7-8,10-11H,2-6,9,12-13H2,1H3;7-11H,3-6,12-13H2,1-2H3;3-10H,1-2H3. The Morgan fingerprint density at radius 1 is 0.367 bits per heavy atom. The van der Waals surface area contributed by atoms with Crippen LogP contribution in [0.2, 0.25) is 0 Å². The molecule has 2 heterocycles. The fraction of sp³-hybridized carbons (Fsp3) is 0.447. The summed E-state index contributed by atoms with van der Waals surface area (Å²) in [5.74, 6) is 0.395. The number of para-hydroxylation sites is 2. The van der Waals surface area contributed by atoms with Crippen molar-refractivity contribution in [1.29, 1.82) is 0 Å². The first kappa shape index (κ1) is 106. The van der Waals surface area contributed by atoms with Crippen molar-refractivity contribution >= 4 is 74.6 Å². The van der Waals surface area contributed by atoms with Gasteiger partial charge >= 0.3 is 5.69 Å². The molecule has 0 unspecified atom stereocenters. The predicted molar refractivity (Wildman–Crippen MR) is 551 cm³/mol. The first-order valence-electron chi connectivity index (χ1n) is 48.7. The molecule has 0 saturated heterocycles. The summed E-state index contributed by atoms with van der Waals surface area (Å²) in [6.45, 7) is 37.9. The second-order valence-corrected chi connectivity index (χ2v) is 43.4. The highest BCUT2D eigenvalue weighted by atomic mass is 32.2. The van der Waals surface area contributed by atoms with Crippen LogP contribution in [0.1, 0.15) is 299 Å². The summed E-state index contributed by atoms with van der Waals surface area (Å²) < 4.78 is 47.1. The molecule has 0 bridgehead atoms. The van der Waals surface area contributed by atoms with E-state index in [9.17, 15) is 27.7 Å². The van der Waals surface area contributed by atoms with Crippen molar-refractivity contribution in [3.63, 3.8) is 0 Å². The number of fused-ring (bicyclic) bond motifs is 2. The van der Waals surface area contributed by atoms with E-state index >= 15 is 0 Å². The average molecular weight is 1790 g/mol. The summed E-state index contributed by atoms with van der Waals surface area (Å²) in [5, 5.41) is 4.53. The van der Waals surface area contributed by atoms with Crippen molar-refractivity contribution in [2.75, 3.05) is 32.7 Å². The van der Waals surface area contributed by atoms with Gasteiger partial charge in [-0.25, -0.2) is 13.7 Å². The molecule has 0 saturated carbocycles. The maximum Gasteiger partial charge on any atom is 0.329 e. The third-order valence-corrected chi connectivity index (χ3v) is 31.5. The number of carbonyl (C=O) groups is 2. The summed E-state index contributed by atoms with van der Waals surface area (Å²) >= 11 is 0. The minimum Gasteiger partial charge on any atom is -0.339 e. The maximum atomic E-state index is 14.4. The van der Waals surface area contributed by atoms with Crippen molar-refractivity contribution in [2.45, 2.75) is 305 Å². The van der Waals surface area contributed by atoms with E-state index in [2.05, 4.69) is 142 Å². The third kappa shape index (κ3) is 34.0. The van der Waals surface area contributed by atoms with Gasteiger partial charge in [-0.1, -0.05) is 410 Å². The van der Waals surface area contributed by atoms with E-state index < -0.39 is 25.2 Å². The minimum atomic E-state index is -2.89. The first-order chi connectivity index (χ1) is 61.9. The Morgan fingerprint density at radius 2 is 0.703 bits per heavy atom. The van der Waals surface area contributed by atoms with Crippen LogP contribution in [0.5, 0.6) is 0 Å². The zero-order valence-electron chi connectivity index (χ0n) is 80.7. The summed E-state index contributed by atoms with van der Waals surface area (Å²) in [7, 11) is -6.71. The molecule has 2 amide bonds. The molecule has 0 aliphatic carbocycles. The Morgan fingerprint density at radius 3 is 1.09 bits per heavy atom. The van der Waals surface area contributed by atoms with Crippen molar-refractivity contribution in [2.24, 2.45) is 5.41 Å². The SMILES string of the molecule is CC(C)(C)CC(C)(C)c1ccc(P(=O)(c2ccccc2)c2ccccc2)cc1.CCCCCCCCN1Cc2ccccc2C1=O.CCCCCCCCn1c(=O)n(CCCCCCCC)c2ccccc21.CCCCN(CCCC)C(=O)c1ccccc1.CCCCN(CCCC)P(=O)(c1ccccc1)c1ccccc1.Cc1ccc(S(=O)c2ccc(C)cc2)cc1. The topological polar surface area (TPSA) is 122 Å². The summed E-state index contributed by atoms with van der Waals surface area (Å²) in [6.07, 6.45) is 32.7. The molecule has 1 aliphatic heterocycles. The Labute approximate surface area is 776 Å². The molecule has 1 aromatic heterocycles. The van der Waals surface area contributed by atoms with E-state index in [-0.39, 0.29) is 28.3 Å². The number of aryl methyl sites for hydroxylation is 4. The van der Waals surface area contributed by atoms with Gasteiger partial charge in [0.2, 0.25) is 7.29 Å². The molecule has 11 nitrogen and oxygen atoms in total. The number of rotatable bonds is 44. The molecule has 11 aromatic rings. The number of imidazole rings is 1. The van der Waals surface area contributed by atoms with Gasteiger partial charge < -0.3 is 14.4 Å². The van der Waals surface area contributed by atoms with Crippen LogP contribution in [0.4, 0.5) is 0 Å². The molecule has 0 atom stereocenters. The Balaban J connectivity index is 0.000000213. The lowest BCUT2D eigenvalue weighted by molar-refractivity contribution is 0.0749. The number of hydrogen-bond donors (Lipinski definition) is 0. The average Bonchev–Trinajstić information content (AvgIpc) is 1.65. The molecule has 0 N–H and O–H groups in total. The van der Waals surface area contributed by atoms with Crippen molar-refractivity contribution in [3.05, 3.63) is 317 Å². The van der Waals surface area contributed by atoms with Crippen LogP contribution in [-0.2, 0) is 45.0 Å². The molecule has 12 rings (SSSR count). The second-order valence-electron chi connectivity index (χ2n) is 36.4. The molecule has 14 heteroatoms. The van der Waals surface area contributed by atoms with Gasteiger partial charge in [-0.15, -0.1) is 0 Å². The van der Waals surface area contributed by atoms with E-state index in [1.807, 2.05) is 251 Å². The molecule has 0 fully saturated rings. The number of hydrogen-bond acceptors (Lipinski definition) is 6. The normalized spacial score (nSPS) is 11.9. The van der Waals surface area contributed by atoms with Gasteiger partial charge in [-0.3, -0.25) is 23.3 Å². The Kier molecular flexibility index (Phi) is 48.0. The molecule has 690 valence electrons. The lowest BCUT2D eigenvalue weighted by atomic mass is 9.72. The van der Waals surface area contributed by atoms with E-state index in [4.69, 9.17) is 0 Å². The molecular weight excluding hydrogens is 1630 g/mol. The quantitative estimate of drug-likeness (QED) is 0.0275. The third-order valence-electron chi connectivity index (χ3n) is 23.8. The minimum absolute atomic E-state index is 0.0697. The highest BCUT2D eigenvalue weighted by Crippen LogP contribution is 2.48. The van der Waals surface area contributed by atoms with Gasteiger partial charge in [-0.2, -0.15) is 0 Å². The fourth-order valence-electron chi connectivity index (χ4n) is 16.7. The summed E-state index contributed by atoms with van der Waals surface area (Å²) in [4.78, 5) is 43.0. The van der Waals surface area contributed by atoms with E-state index in [0.29, 0.717) is 0 Å². The smallest absolute Gasteiger partial charge is 0.329 e. The monoisotopic (exact) mass is 1790 g/mol. The number of aromatic nitrogens is 2. The largest absolute Gasteiger partial charge is 0.339 e. The highest BCUT2D eigenvalue weighted by Gasteiger charge is 2.35. The van der Waals surface area contributed by atoms with Gasteiger partial charge in [-0.05, 0) is 166 Å². The van der Waals surface area contributed by atoms with Crippen LogP contribution >= 0.6 is 14.4 Å². The number of carbonyl (C=O) groups excluding carboxylic acids is 2. The van der Waals surface area contributed by atoms with Crippen molar-refractivity contribution in [1.82, 2.24) is 23.6 Å². The van der Waals surface area contributed by atoms with Gasteiger partial charge in [0.15, 0.2) is 7.14 Å². The van der Waals surface area contributed by atoms with Crippen LogP contribution < -0.4 is 32.2 Å².